The Bertz CT molecular complexity index is 353. The van der Waals surface area contributed by atoms with Gasteiger partial charge in [-0.25, -0.2) is 4.39 Å². The van der Waals surface area contributed by atoms with Crippen LogP contribution in [0.25, 0.3) is 0 Å². The molecule has 1 aromatic rings. The van der Waals surface area contributed by atoms with E-state index in [9.17, 15) is 4.39 Å². The van der Waals surface area contributed by atoms with Gasteiger partial charge in [-0.05, 0) is 19.1 Å². The minimum absolute atomic E-state index is 0. The number of hydrogen-bond donors (Lipinski definition) is 1. The molecule has 1 saturated heterocycles. The minimum atomic E-state index is -0.125. The van der Waals surface area contributed by atoms with Crippen molar-refractivity contribution in [3.63, 3.8) is 0 Å². The van der Waals surface area contributed by atoms with Gasteiger partial charge in [-0.3, -0.25) is 4.90 Å². The average molecular weight is 360 g/mol. The molecule has 1 heterocycles. The summed E-state index contributed by atoms with van der Waals surface area (Å²) in [6, 6.07) is 5.28. The van der Waals surface area contributed by atoms with Gasteiger partial charge in [0.1, 0.15) is 5.82 Å². The molecular weight excluding hydrogens is 342 g/mol. The van der Waals surface area contributed by atoms with Gasteiger partial charge < -0.3 is 5.32 Å². The second-order valence-corrected chi connectivity index (χ2v) is 4.95. The van der Waals surface area contributed by atoms with Gasteiger partial charge in [0.15, 0.2) is 0 Å². The Balaban J connectivity index is 0.00000144. The summed E-state index contributed by atoms with van der Waals surface area (Å²) in [4.78, 5) is 2.31. The Morgan fingerprint density at radius 2 is 1.89 bits per heavy atom. The first-order chi connectivity index (χ1) is 7.70. The van der Waals surface area contributed by atoms with Crippen LogP contribution in [-0.2, 0) is 0 Å². The van der Waals surface area contributed by atoms with E-state index >= 15 is 0 Å². The zero-order chi connectivity index (χ0) is 11.5. The van der Waals surface area contributed by atoms with Crippen molar-refractivity contribution in [3.8, 4) is 0 Å². The summed E-state index contributed by atoms with van der Waals surface area (Å²) in [7, 11) is 0. The van der Waals surface area contributed by atoms with Crippen molar-refractivity contribution in [1.82, 2.24) is 10.2 Å². The Kier molecular flexibility index (Phi) is 8.39. The molecule has 104 valence electrons. The minimum Gasteiger partial charge on any atom is -0.314 e. The number of nitrogens with one attached hydrogen (secondary N) is 1. The Labute approximate surface area is 128 Å². The van der Waals surface area contributed by atoms with Crippen molar-refractivity contribution >= 4 is 40.7 Å². The predicted octanol–water partition coefficient (Wildman–Crippen LogP) is 3.40. The van der Waals surface area contributed by atoms with E-state index < -0.39 is 0 Å². The number of piperazine rings is 1. The van der Waals surface area contributed by atoms with Crippen molar-refractivity contribution in [1.29, 1.82) is 0 Å². The summed E-state index contributed by atoms with van der Waals surface area (Å²) in [5.41, 5.74) is 0.768. The van der Waals surface area contributed by atoms with Crippen molar-refractivity contribution in [2.75, 3.05) is 26.2 Å². The molecule has 0 aliphatic carbocycles. The van der Waals surface area contributed by atoms with E-state index in [1.54, 1.807) is 6.07 Å². The van der Waals surface area contributed by atoms with Crippen LogP contribution in [-0.4, -0.2) is 31.1 Å². The predicted molar refractivity (Wildman–Crippen MR) is 81.5 cm³/mol. The molecule has 1 N–H and O–H groups in total. The van der Waals surface area contributed by atoms with Crippen LogP contribution < -0.4 is 5.32 Å². The van der Waals surface area contributed by atoms with E-state index in [2.05, 4.69) is 33.1 Å². The van der Waals surface area contributed by atoms with Gasteiger partial charge in [0.25, 0.3) is 0 Å². The molecule has 0 aromatic heterocycles. The topological polar surface area (TPSA) is 15.3 Å². The lowest BCUT2D eigenvalue weighted by molar-refractivity contribution is 0.182. The van der Waals surface area contributed by atoms with Gasteiger partial charge in [-0.1, -0.05) is 22.0 Å². The van der Waals surface area contributed by atoms with Crippen molar-refractivity contribution < 1.29 is 4.39 Å². The molecule has 18 heavy (non-hydrogen) atoms. The number of halogens is 4. The normalized spacial score (nSPS) is 17.5. The highest BCUT2D eigenvalue weighted by Crippen LogP contribution is 2.29. The molecule has 1 atom stereocenters. The monoisotopic (exact) mass is 358 g/mol. The van der Waals surface area contributed by atoms with Crippen molar-refractivity contribution in [3.05, 3.63) is 34.1 Å². The lowest BCUT2D eigenvalue weighted by Crippen LogP contribution is -2.44. The molecule has 1 aliphatic heterocycles. The quantitative estimate of drug-likeness (QED) is 0.870. The van der Waals surface area contributed by atoms with Crippen LogP contribution >= 0.6 is 40.7 Å². The van der Waals surface area contributed by atoms with Gasteiger partial charge in [0, 0.05) is 42.3 Å². The van der Waals surface area contributed by atoms with Crippen LogP contribution in [0.2, 0.25) is 0 Å². The molecule has 6 heteroatoms. The van der Waals surface area contributed by atoms with Gasteiger partial charge >= 0.3 is 0 Å². The smallest absolute Gasteiger partial charge is 0.129 e. The maximum Gasteiger partial charge on any atom is 0.129 e. The first kappa shape index (κ1) is 18.1. The van der Waals surface area contributed by atoms with Gasteiger partial charge in [-0.15, -0.1) is 24.8 Å². The van der Waals surface area contributed by atoms with E-state index in [0.29, 0.717) is 0 Å². The Hall–Kier alpha value is 0.130. The third-order valence-corrected chi connectivity index (χ3v) is 3.81. The number of benzene rings is 1. The molecule has 0 radical (unpaired) electrons. The fourth-order valence-electron chi connectivity index (χ4n) is 2.16. The molecular formula is C12H18BrCl2FN2. The zero-order valence-electron chi connectivity index (χ0n) is 10.2. The van der Waals surface area contributed by atoms with E-state index in [4.69, 9.17) is 0 Å². The first-order valence-corrected chi connectivity index (χ1v) is 6.38. The standard InChI is InChI=1S/C12H16BrFN2.2ClH/c1-9(16-7-5-15-6-8-16)12-10(13)3-2-4-11(12)14;;/h2-4,9,15H,5-8H2,1H3;2*1H/t9-;;/m0../s1. The maximum atomic E-state index is 13.8. The molecule has 1 fully saturated rings. The summed E-state index contributed by atoms with van der Waals surface area (Å²) in [5, 5.41) is 3.30. The van der Waals surface area contributed by atoms with Crippen LogP contribution in [0, 0.1) is 5.82 Å². The summed E-state index contributed by atoms with van der Waals surface area (Å²) < 4.78 is 14.6. The SMILES string of the molecule is C[C@@H](c1c(F)cccc1Br)N1CCNCC1.Cl.Cl. The van der Waals surface area contributed by atoms with Crippen LogP contribution in [0.3, 0.4) is 0 Å². The maximum absolute atomic E-state index is 13.8. The van der Waals surface area contributed by atoms with E-state index in [1.165, 1.54) is 6.07 Å². The van der Waals surface area contributed by atoms with E-state index in [-0.39, 0.29) is 36.7 Å². The zero-order valence-corrected chi connectivity index (χ0v) is 13.4. The van der Waals surface area contributed by atoms with Crippen LogP contribution in [0.1, 0.15) is 18.5 Å². The largest absolute Gasteiger partial charge is 0.314 e. The van der Waals surface area contributed by atoms with Crippen LogP contribution in [0.5, 0.6) is 0 Å². The third kappa shape index (κ3) is 4.07. The van der Waals surface area contributed by atoms with Gasteiger partial charge in [-0.2, -0.15) is 0 Å². The molecule has 1 aliphatic rings. The van der Waals surface area contributed by atoms with Crippen molar-refractivity contribution in [2.45, 2.75) is 13.0 Å². The molecule has 2 nitrogen and oxygen atoms in total. The molecule has 2 rings (SSSR count). The number of nitrogens with zero attached hydrogens (tertiary/aromatic N) is 1. The van der Waals surface area contributed by atoms with Crippen LogP contribution in [0.15, 0.2) is 22.7 Å². The second kappa shape index (κ2) is 8.33. The third-order valence-electron chi connectivity index (χ3n) is 3.12. The summed E-state index contributed by atoms with van der Waals surface area (Å²) >= 11 is 3.43. The molecule has 0 unspecified atom stereocenters. The average Bonchev–Trinajstić information content (AvgIpc) is 2.30. The highest BCUT2D eigenvalue weighted by molar-refractivity contribution is 9.10. The summed E-state index contributed by atoms with van der Waals surface area (Å²) in [6.07, 6.45) is 0. The fraction of sp³-hybridized carbons (Fsp3) is 0.500. The molecule has 1 aromatic carbocycles. The van der Waals surface area contributed by atoms with Crippen LogP contribution in [0.4, 0.5) is 4.39 Å². The number of hydrogen-bond acceptors (Lipinski definition) is 2. The lowest BCUT2D eigenvalue weighted by atomic mass is 10.1. The Morgan fingerprint density at radius 3 is 2.44 bits per heavy atom. The Morgan fingerprint density at radius 1 is 1.28 bits per heavy atom. The highest BCUT2D eigenvalue weighted by atomic mass is 79.9. The first-order valence-electron chi connectivity index (χ1n) is 5.59. The lowest BCUT2D eigenvalue weighted by Gasteiger charge is -2.33. The van der Waals surface area contributed by atoms with Gasteiger partial charge in [0.05, 0.1) is 0 Å². The second-order valence-electron chi connectivity index (χ2n) is 4.10. The van der Waals surface area contributed by atoms with E-state index in [0.717, 1.165) is 36.2 Å². The molecule has 0 bridgehead atoms. The fourth-order valence-corrected chi connectivity index (χ4v) is 2.84. The van der Waals surface area contributed by atoms with E-state index in [1.807, 2.05) is 6.07 Å². The molecule has 0 spiro atoms. The highest BCUT2D eigenvalue weighted by Gasteiger charge is 2.22. The summed E-state index contributed by atoms with van der Waals surface area (Å²) in [5.74, 6) is -0.125. The molecule has 0 amide bonds. The number of rotatable bonds is 2. The molecule has 0 saturated carbocycles. The van der Waals surface area contributed by atoms with Crippen molar-refractivity contribution in [2.24, 2.45) is 0 Å². The van der Waals surface area contributed by atoms with Gasteiger partial charge in [0.2, 0.25) is 0 Å². The summed E-state index contributed by atoms with van der Waals surface area (Å²) in [6.45, 7) is 5.98.